The number of nitrogens with zero attached hydrogens (tertiary/aromatic N) is 1. The van der Waals surface area contributed by atoms with Crippen LogP contribution in [-0.2, 0) is 13.5 Å². The number of rotatable bonds is 2. The molecule has 4 heteroatoms. The number of hydrogen-bond acceptors (Lipinski definition) is 2. The third-order valence-electron chi connectivity index (χ3n) is 1.61. The van der Waals surface area contributed by atoms with E-state index in [1.165, 1.54) is 10.6 Å². The average Bonchev–Trinajstić information content (AvgIpc) is 2.20. The molecule has 0 saturated heterocycles. The number of thiazole rings is 1. The highest BCUT2D eigenvalue weighted by atomic mass is 127. The molecule has 64 valence electrons. The van der Waals surface area contributed by atoms with Crippen LogP contribution >= 0.6 is 35.3 Å². The normalized spacial score (nSPS) is 9.36. The molecule has 0 aliphatic heterocycles. The van der Waals surface area contributed by atoms with E-state index in [0.717, 1.165) is 0 Å². The van der Waals surface area contributed by atoms with Crippen LogP contribution in [0.5, 0.6) is 0 Å². The minimum Gasteiger partial charge on any atom is -0.854 e. The number of aromatic nitrogens is 1. The lowest BCUT2D eigenvalue weighted by atomic mass is 10.3. The van der Waals surface area contributed by atoms with Crippen LogP contribution in [0.1, 0.15) is 10.6 Å². The molecule has 0 bridgehead atoms. The van der Waals surface area contributed by atoms with Crippen molar-refractivity contribution in [3.63, 3.8) is 0 Å². The summed E-state index contributed by atoms with van der Waals surface area (Å²) >= 11 is 1.66. The highest BCUT2D eigenvalue weighted by Gasteiger charge is 2.07. The maximum absolute atomic E-state index is 10.3. The quantitative estimate of drug-likeness (QED) is 0.571. The first-order valence-corrected chi connectivity index (χ1v) is 4.14. The molecule has 0 unspecified atom stereocenters. The summed E-state index contributed by atoms with van der Waals surface area (Å²) in [5.41, 5.74) is 3.25. The Kier molecular flexibility index (Phi) is 5.20. The molecular formula is C7H12INOS. The van der Waals surface area contributed by atoms with Gasteiger partial charge in [-0.25, -0.2) is 0 Å². The van der Waals surface area contributed by atoms with Gasteiger partial charge in [-0.15, -0.1) is 30.6 Å². The molecule has 0 aromatic carbocycles. The Morgan fingerprint density at radius 3 is 2.64 bits per heavy atom. The molecule has 0 N–H and O–H groups in total. The smallest absolute Gasteiger partial charge is 0.224 e. The second kappa shape index (κ2) is 5.05. The lowest BCUT2D eigenvalue weighted by molar-refractivity contribution is -0.673. The lowest BCUT2D eigenvalue weighted by Gasteiger charge is -1.97. The van der Waals surface area contributed by atoms with Crippen LogP contribution in [-0.4, -0.2) is 6.61 Å². The van der Waals surface area contributed by atoms with E-state index in [0.29, 0.717) is 6.42 Å². The van der Waals surface area contributed by atoms with E-state index >= 15 is 0 Å². The molecule has 0 radical (unpaired) electrons. The van der Waals surface area contributed by atoms with Gasteiger partial charge in [0.05, 0.1) is 4.88 Å². The summed E-state index contributed by atoms with van der Waals surface area (Å²) < 4.78 is 2.05. The van der Waals surface area contributed by atoms with Crippen LogP contribution in [0, 0.1) is 6.92 Å². The molecule has 0 aliphatic rings. The fourth-order valence-electron chi connectivity index (χ4n) is 0.836. The van der Waals surface area contributed by atoms with Crippen LogP contribution in [0.4, 0.5) is 0 Å². The van der Waals surface area contributed by atoms with E-state index in [2.05, 4.69) is 4.57 Å². The van der Waals surface area contributed by atoms with Crippen LogP contribution in [0.2, 0.25) is 0 Å². The van der Waals surface area contributed by atoms with Gasteiger partial charge in [0.2, 0.25) is 5.51 Å². The molecule has 0 fully saturated rings. The molecule has 0 aliphatic carbocycles. The zero-order valence-electron chi connectivity index (χ0n) is 6.66. The standard InChI is InChI=1S/C7H11NOS.HI/c1-6-7(3-4-9)10-5-8(6)2;/h5H,3-4H2,1-2H3;1H. The molecule has 1 heterocycles. The molecule has 0 amide bonds. The molecule has 1 aromatic heterocycles. The predicted octanol–water partition coefficient (Wildman–Crippen LogP) is 0.402. The van der Waals surface area contributed by atoms with Crippen molar-refractivity contribution in [3.8, 4) is 0 Å². The van der Waals surface area contributed by atoms with Gasteiger partial charge in [-0.1, -0.05) is 11.3 Å². The summed E-state index contributed by atoms with van der Waals surface area (Å²) in [6, 6.07) is 0. The fourth-order valence-corrected chi connectivity index (χ4v) is 1.80. The van der Waals surface area contributed by atoms with Gasteiger partial charge in [0, 0.05) is 6.92 Å². The Morgan fingerprint density at radius 2 is 2.27 bits per heavy atom. The van der Waals surface area contributed by atoms with Gasteiger partial charge in [0.1, 0.15) is 7.05 Å². The van der Waals surface area contributed by atoms with Crippen LogP contribution < -0.4 is 9.67 Å². The van der Waals surface area contributed by atoms with Crippen molar-refractivity contribution in [2.45, 2.75) is 13.3 Å². The molecule has 2 nitrogen and oxygen atoms in total. The summed E-state index contributed by atoms with van der Waals surface area (Å²) in [6.45, 7) is 2.04. The van der Waals surface area contributed by atoms with Gasteiger partial charge in [0.15, 0.2) is 5.69 Å². The topological polar surface area (TPSA) is 26.9 Å². The summed E-state index contributed by atoms with van der Waals surface area (Å²) in [6.07, 6.45) is 0.678. The van der Waals surface area contributed by atoms with Gasteiger partial charge in [-0.3, -0.25) is 0 Å². The Bertz CT molecular complexity index is 224. The van der Waals surface area contributed by atoms with E-state index in [-0.39, 0.29) is 30.6 Å². The van der Waals surface area contributed by atoms with Gasteiger partial charge in [-0.05, 0) is 6.42 Å². The van der Waals surface area contributed by atoms with Crippen molar-refractivity contribution in [2.75, 3.05) is 6.61 Å². The third kappa shape index (κ3) is 2.68. The second-order valence-electron chi connectivity index (χ2n) is 2.30. The molecule has 0 saturated carbocycles. The zero-order valence-corrected chi connectivity index (χ0v) is 9.81. The summed E-state index contributed by atoms with van der Waals surface area (Å²) in [5.74, 6) is 0. The summed E-state index contributed by atoms with van der Waals surface area (Å²) in [5, 5.41) is 10.3. The van der Waals surface area contributed by atoms with Crippen molar-refractivity contribution in [3.05, 3.63) is 16.1 Å². The molecule has 0 atom stereocenters. The Hall–Kier alpha value is 0.320. The van der Waals surface area contributed by atoms with E-state index in [9.17, 15) is 5.11 Å². The number of aryl methyl sites for hydroxylation is 1. The highest BCUT2D eigenvalue weighted by molar-refractivity contribution is 14.0. The molecule has 1 aromatic rings. The van der Waals surface area contributed by atoms with E-state index in [1.54, 1.807) is 11.3 Å². The number of halogens is 1. The average molecular weight is 285 g/mol. The molecule has 1 rings (SSSR count). The molecule has 0 spiro atoms. The fraction of sp³-hybridized carbons (Fsp3) is 0.571. The Morgan fingerprint density at radius 1 is 1.64 bits per heavy atom. The summed E-state index contributed by atoms with van der Waals surface area (Å²) in [4.78, 5) is 1.22. The Balaban J connectivity index is 0.000001000. The van der Waals surface area contributed by atoms with Crippen molar-refractivity contribution in [1.29, 1.82) is 0 Å². The first-order valence-electron chi connectivity index (χ1n) is 3.26. The maximum Gasteiger partial charge on any atom is 0.224 e. The monoisotopic (exact) mass is 285 g/mol. The Labute approximate surface area is 87.9 Å². The highest BCUT2D eigenvalue weighted by Crippen LogP contribution is 2.09. The van der Waals surface area contributed by atoms with E-state index in [4.69, 9.17) is 0 Å². The number of hydrogen-bond donors (Lipinski definition) is 0. The first kappa shape index (κ1) is 11.3. The van der Waals surface area contributed by atoms with Crippen LogP contribution in [0.3, 0.4) is 0 Å². The van der Waals surface area contributed by atoms with Gasteiger partial charge in [0.25, 0.3) is 0 Å². The second-order valence-corrected chi connectivity index (χ2v) is 3.24. The zero-order chi connectivity index (χ0) is 7.56. The van der Waals surface area contributed by atoms with E-state index in [1.807, 2.05) is 19.5 Å². The van der Waals surface area contributed by atoms with E-state index < -0.39 is 0 Å². The van der Waals surface area contributed by atoms with Crippen molar-refractivity contribution >= 4 is 35.3 Å². The van der Waals surface area contributed by atoms with Crippen molar-refractivity contribution in [1.82, 2.24) is 0 Å². The van der Waals surface area contributed by atoms with Crippen molar-refractivity contribution in [2.24, 2.45) is 7.05 Å². The van der Waals surface area contributed by atoms with Gasteiger partial charge < -0.3 is 5.11 Å². The largest absolute Gasteiger partial charge is 0.854 e. The van der Waals surface area contributed by atoms with Gasteiger partial charge in [-0.2, -0.15) is 4.57 Å². The van der Waals surface area contributed by atoms with Gasteiger partial charge >= 0.3 is 0 Å². The SMILES string of the molecule is Cc1c(CC[O-])sc[n+]1C.I. The van der Waals surface area contributed by atoms with Crippen LogP contribution in [0.25, 0.3) is 0 Å². The molecule has 11 heavy (non-hydrogen) atoms. The van der Waals surface area contributed by atoms with Crippen molar-refractivity contribution < 1.29 is 9.67 Å². The first-order chi connectivity index (χ1) is 4.75. The molecular weight excluding hydrogens is 273 g/mol. The van der Waals surface area contributed by atoms with Crippen LogP contribution in [0.15, 0.2) is 5.51 Å². The maximum atomic E-state index is 10.3. The lowest BCUT2D eigenvalue weighted by Crippen LogP contribution is -2.28. The minimum absolute atomic E-state index is 0. The third-order valence-corrected chi connectivity index (χ3v) is 2.82. The predicted molar refractivity (Wildman–Crippen MR) is 54.2 cm³/mol. The minimum atomic E-state index is 0. The summed E-state index contributed by atoms with van der Waals surface area (Å²) in [7, 11) is 2.00.